The van der Waals surface area contributed by atoms with E-state index in [1.54, 1.807) is 12.1 Å². The Morgan fingerprint density at radius 1 is 1.27 bits per heavy atom. The van der Waals surface area contributed by atoms with Gasteiger partial charge in [-0.15, -0.1) is 0 Å². The third kappa shape index (κ3) is 4.40. The average molecular weight is 211 g/mol. The van der Waals surface area contributed by atoms with Gasteiger partial charge in [-0.2, -0.15) is 0 Å². The minimum absolute atomic E-state index is 0.203. The van der Waals surface area contributed by atoms with Crippen LogP contribution in [0.2, 0.25) is 0 Å². The maximum absolute atomic E-state index is 12.7. The minimum Gasteiger partial charge on any atom is -0.396 e. The molecule has 1 unspecified atom stereocenters. The van der Waals surface area contributed by atoms with Crippen LogP contribution in [0.5, 0.6) is 0 Å². The number of hydrogen-bond donors (Lipinski definition) is 2. The molecule has 0 heterocycles. The molecule has 1 aromatic rings. The van der Waals surface area contributed by atoms with Gasteiger partial charge >= 0.3 is 0 Å². The molecule has 0 amide bonds. The molecule has 0 aliphatic carbocycles. The van der Waals surface area contributed by atoms with E-state index >= 15 is 0 Å². The maximum Gasteiger partial charge on any atom is 0.123 e. The zero-order chi connectivity index (χ0) is 11.1. The average Bonchev–Trinajstić information content (AvgIpc) is 2.25. The fourth-order valence-corrected chi connectivity index (χ4v) is 1.42. The standard InChI is InChI=1S/C12H18FNO/c1-10(14-8-2-3-9-15)11-4-6-12(13)7-5-11/h4-7,10,14-15H,2-3,8-9H2,1H3. The molecule has 84 valence electrons. The van der Waals surface area contributed by atoms with E-state index in [4.69, 9.17) is 5.11 Å². The van der Waals surface area contributed by atoms with Crippen LogP contribution in [0.1, 0.15) is 31.4 Å². The van der Waals surface area contributed by atoms with Crippen molar-refractivity contribution in [3.63, 3.8) is 0 Å². The summed E-state index contributed by atoms with van der Waals surface area (Å²) in [6, 6.07) is 6.75. The molecule has 0 aliphatic rings. The Labute approximate surface area is 90.1 Å². The van der Waals surface area contributed by atoms with Gasteiger partial charge in [-0.3, -0.25) is 0 Å². The first-order valence-electron chi connectivity index (χ1n) is 5.33. The van der Waals surface area contributed by atoms with Gasteiger partial charge in [0.25, 0.3) is 0 Å². The predicted molar refractivity (Wildman–Crippen MR) is 59.1 cm³/mol. The largest absolute Gasteiger partial charge is 0.396 e. The van der Waals surface area contributed by atoms with E-state index in [1.807, 2.05) is 6.92 Å². The van der Waals surface area contributed by atoms with Crippen LogP contribution in [0.3, 0.4) is 0 Å². The van der Waals surface area contributed by atoms with E-state index in [1.165, 1.54) is 12.1 Å². The van der Waals surface area contributed by atoms with Crippen LogP contribution in [-0.4, -0.2) is 18.3 Å². The molecule has 15 heavy (non-hydrogen) atoms. The third-order valence-corrected chi connectivity index (χ3v) is 2.41. The number of unbranched alkanes of at least 4 members (excludes halogenated alkanes) is 1. The highest BCUT2D eigenvalue weighted by Gasteiger charge is 2.03. The van der Waals surface area contributed by atoms with Gasteiger partial charge in [0, 0.05) is 12.6 Å². The molecule has 3 heteroatoms. The fourth-order valence-electron chi connectivity index (χ4n) is 1.42. The van der Waals surface area contributed by atoms with Gasteiger partial charge in [0.2, 0.25) is 0 Å². The molecule has 0 spiro atoms. The number of rotatable bonds is 6. The fraction of sp³-hybridized carbons (Fsp3) is 0.500. The summed E-state index contributed by atoms with van der Waals surface area (Å²) in [5.74, 6) is -0.203. The lowest BCUT2D eigenvalue weighted by Gasteiger charge is -2.13. The highest BCUT2D eigenvalue weighted by Crippen LogP contribution is 2.12. The topological polar surface area (TPSA) is 32.3 Å². The van der Waals surface area contributed by atoms with Crippen molar-refractivity contribution < 1.29 is 9.50 Å². The summed E-state index contributed by atoms with van der Waals surface area (Å²) in [5, 5.41) is 11.9. The van der Waals surface area contributed by atoms with Crippen molar-refractivity contribution in [1.29, 1.82) is 0 Å². The lowest BCUT2D eigenvalue weighted by atomic mass is 10.1. The second kappa shape index (κ2) is 6.53. The van der Waals surface area contributed by atoms with Crippen LogP contribution in [-0.2, 0) is 0 Å². The second-order valence-corrected chi connectivity index (χ2v) is 3.66. The van der Waals surface area contributed by atoms with Gasteiger partial charge in [-0.05, 0) is 44.0 Å². The zero-order valence-corrected chi connectivity index (χ0v) is 9.04. The number of halogens is 1. The van der Waals surface area contributed by atoms with Gasteiger partial charge < -0.3 is 10.4 Å². The zero-order valence-electron chi connectivity index (χ0n) is 9.04. The van der Waals surface area contributed by atoms with Crippen molar-refractivity contribution in [2.45, 2.75) is 25.8 Å². The Kier molecular flexibility index (Phi) is 5.29. The lowest BCUT2D eigenvalue weighted by molar-refractivity contribution is 0.283. The number of benzene rings is 1. The quantitative estimate of drug-likeness (QED) is 0.707. The Bertz CT molecular complexity index is 273. The highest BCUT2D eigenvalue weighted by molar-refractivity contribution is 5.19. The van der Waals surface area contributed by atoms with E-state index in [2.05, 4.69) is 5.32 Å². The molecule has 0 radical (unpaired) electrons. The van der Waals surface area contributed by atoms with Gasteiger partial charge in [0.1, 0.15) is 5.82 Å². The summed E-state index contributed by atoms with van der Waals surface area (Å²) in [6.45, 7) is 3.16. The normalized spacial score (nSPS) is 12.7. The molecule has 1 rings (SSSR count). The van der Waals surface area contributed by atoms with Crippen molar-refractivity contribution in [3.8, 4) is 0 Å². The van der Waals surface area contributed by atoms with Crippen LogP contribution in [0.4, 0.5) is 4.39 Å². The number of aliphatic hydroxyl groups excluding tert-OH is 1. The third-order valence-electron chi connectivity index (χ3n) is 2.41. The van der Waals surface area contributed by atoms with Gasteiger partial charge in [-0.1, -0.05) is 12.1 Å². The molecule has 0 fully saturated rings. The van der Waals surface area contributed by atoms with E-state index in [-0.39, 0.29) is 18.5 Å². The monoisotopic (exact) mass is 211 g/mol. The molecule has 2 N–H and O–H groups in total. The summed E-state index contributed by atoms with van der Waals surface area (Å²) in [6.07, 6.45) is 1.78. The first-order chi connectivity index (χ1) is 7.24. The van der Waals surface area contributed by atoms with Crippen LogP contribution in [0, 0.1) is 5.82 Å². The highest BCUT2D eigenvalue weighted by atomic mass is 19.1. The van der Waals surface area contributed by atoms with Gasteiger partial charge in [0.15, 0.2) is 0 Å². The van der Waals surface area contributed by atoms with Crippen LogP contribution >= 0.6 is 0 Å². The first kappa shape index (κ1) is 12.1. The van der Waals surface area contributed by atoms with E-state index in [0.717, 1.165) is 24.9 Å². The molecule has 0 saturated heterocycles. The summed E-state index contributed by atoms with van der Waals surface area (Å²) in [7, 11) is 0. The summed E-state index contributed by atoms with van der Waals surface area (Å²) >= 11 is 0. The molecule has 0 saturated carbocycles. The van der Waals surface area contributed by atoms with Crippen LogP contribution < -0.4 is 5.32 Å². The number of hydrogen-bond acceptors (Lipinski definition) is 2. The van der Waals surface area contributed by atoms with Crippen LogP contribution in [0.15, 0.2) is 24.3 Å². The predicted octanol–water partition coefficient (Wildman–Crippen LogP) is 2.25. The smallest absolute Gasteiger partial charge is 0.123 e. The van der Waals surface area contributed by atoms with Crippen molar-refractivity contribution in [3.05, 3.63) is 35.6 Å². The van der Waals surface area contributed by atoms with Gasteiger partial charge in [-0.25, -0.2) is 4.39 Å². The van der Waals surface area contributed by atoms with Crippen molar-refractivity contribution in [2.24, 2.45) is 0 Å². The van der Waals surface area contributed by atoms with Crippen molar-refractivity contribution in [2.75, 3.05) is 13.2 Å². The second-order valence-electron chi connectivity index (χ2n) is 3.66. The summed E-state index contributed by atoms with van der Waals surface area (Å²) in [4.78, 5) is 0. The van der Waals surface area contributed by atoms with Gasteiger partial charge in [0.05, 0.1) is 0 Å². The van der Waals surface area contributed by atoms with Crippen LogP contribution in [0.25, 0.3) is 0 Å². The lowest BCUT2D eigenvalue weighted by Crippen LogP contribution is -2.20. The van der Waals surface area contributed by atoms with Crippen molar-refractivity contribution >= 4 is 0 Å². The summed E-state index contributed by atoms with van der Waals surface area (Å²) in [5.41, 5.74) is 1.08. The molecule has 1 atom stereocenters. The molecule has 1 aromatic carbocycles. The molecular formula is C12H18FNO. The van der Waals surface area contributed by atoms with Crippen molar-refractivity contribution in [1.82, 2.24) is 5.32 Å². The Morgan fingerprint density at radius 2 is 1.93 bits per heavy atom. The number of aliphatic hydroxyl groups is 1. The van der Waals surface area contributed by atoms with E-state index in [9.17, 15) is 4.39 Å². The number of nitrogens with one attached hydrogen (secondary N) is 1. The summed E-state index contributed by atoms with van der Waals surface area (Å²) < 4.78 is 12.7. The molecule has 0 aromatic heterocycles. The van der Waals surface area contributed by atoms with E-state index in [0.29, 0.717) is 0 Å². The molecular weight excluding hydrogens is 193 g/mol. The first-order valence-corrected chi connectivity index (χ1v) is 5.33. The Morgan fingerprint density at radius 3 is 2.53 bits per heavy atom. The minimum atomic E-state index is -0.203. The Balaban J connectivity index is 2.33. The molecule has 2 nitrogen and oxygen atoms in total. The SMILES string of the molecule is CC(NCCCCO)c1ccc(F)cc1. The molecule has 0 aliphatic heterocycles. The molecule has 0 bridgehead atoms. The maximum atomic E-state index is 12.7. The Hall–Kier alpha value is -0.930. The van der Waals surface area contributed by atoms with E-state index < -0.39 is 0 Å².